The summed E-state index contributed by atoms with van der Waals surface area (Å²) in [6.07, 6.45) is 0. The van der Waals surface area contributed by atoms with Crippen LogP contribution in [0.2, 0.25) is 0 Å². The molecular weight excluding hydrogens is 292 g/mol. The molecule has 0 radical (unpaired) electrons. The summed E-state index contributed by atoms with van der Waals surface area (Å²) in [7, 11) is 1.55. The summed E-state index contributed by atoms with van der Waals surface area (Å²) in [6.45, 7) is 0.384. The Kier molecular flexibility index (Phi) is 4.10. The molecule has 1 heterocycles. The van der Waals surface area contributed by atoms with Gasteiger partial charge in [-0.2, -0.15) is 0 Å². The van der Waals surface area contributed by atoms with E-state index in [2.05, 4.69) is 4.98 Å². The lowest BCUT2D eigenvalue weighted by Gasteiger charge is -2.12. The molecular formula is C18H16N2O3. The highest BCUT2D eigenvalue weighted by Crippen LogP contribution is 2.31. The fourth-order valence-electron chi connectivity index (χ4n) is 2.34. The van der Waals surface area contributed by atoms with Crippen molar-refractivity contribution < 1.29 is 14.3 Å². The van der Waals surface area contributed by atoms with Gasteiger partial charge in [0.25, 0.3) is 5.91 Å². The number of benzene rings is 2. The number of hydrogen-bond donors (Lipinski definition) is 1. The van der Waals surface area contributed by atoms with Gasteiger partial charge in [-0.05, 0) is 17.7 Å². The third-order valence-corrected chi connectivity index (χ3v) is 3.47. The average molecular weight is 308 g/mol. The quantitative estimate of drug-likeness (QED) is 0.786. The van der Waals surface area contributed by atoms with Gasteiger partial charge in [-0.15, -0.1) is 0 Å². The van der Waals surface area contributed by atoms with E-state index in [1.165, 1.54) is 0 Å². The fourth-order valence-corrected chi connectivity index (χ4v) is 2.34. The second kappa shape index (κ2) is 6.36. The summed E-state index contributed by atoms with van der Waals surface area (Å²) in [6, 6.07) is 16.8. The number of carbonyl (C=O) groups excluding carboxylic acids is 1. The summed E-state index contributed by atoms with van der Waals surface area (Å²) in [5.74, 6) is 0.504. The largest absolute Gasteiger partial charge is 0.494 e. The molecule has 0 aliphatic carbocycles. The molecule has 116 valence electrons. The van der Waals surface area contributed by atoms with Crippen molar-refractivity contribution in [1.29, 1.82) is 0 Å². The Morgan fingerprint density at radius 1 is 1.09 bits per heavy atom. The smallest absolute Gasteiger partial charge is 0.267 e. The van der Waals surface area contributed by atoms with Crippen LogP contribution in [0.3, 0.4) is 0 Å². The second-order valence-electron chi connectivity index (χ2n) is 5.00. The molecule has 5 heteroatoms. The maximum absolute atomic E-state index is 11.5. The number of carbonyl (C=O) groups is 1. The normalized spacial score (nSPS) is 10.5. The maximum atomic E-state index is 11.5. The Morgan fingerprint density at radius 3 is 2.57 bits per heavy atom. The lowest BCUT2D eigenvalue weighted by atomic mass is 10.1. The number of nitrogens with two attached hydrogens (primary N) is 1. The van der Waals surface area contributed by atoms with Crippen LogP contribution in [0.1, 0.15) is 16.1 Å². The van der Waals surface area contributed by atoms with E-state index in [0.717, 1.165) is 10.9 Å². The molecule has 0 aliphatic rings. The molecule has 23 heavy (non-hydrogen) atoms. The first-order chi connectivity index (χ1) is 11.2. The number of fused-ring (bicyclic) bond motifs is 1. The predicted molar refractivity (Wildman–Crippen MR) is 87.6 cm³/mol. The SMILES string of the molecule is COc1cccc2c(OCc3ccccc3)cc(C(N)=O)nc12. The molecule has 0 bridgehead atoms. The zero-order chi connectivity index (χ0) is 16.2. The number of rotatable bonds is 5. The van der Waals surface area contributed by atoms with Crippen molar-refractivity contribution in [2.75, 3.05) is 7.11 Å². The van der Waals surface area contributed by atoms with Gasteiger partial charge in [-0.1, -0.05) is 36.4 Å². The molecule has 5 nitrogen and oxygen atoms in total. The van der Waals surface area contributed by atoms with Crippen molar-refractivity contribution in [3.63, 3.8) is 0 Å². The molecule has 3 aromatic rings. The Labute approximate surface area is 133 Å². The van der Waals surface area contributed by atoms with Crippen LogP contribution in [0.5, 0.6) is 11.5 Å². The maximum Gasteiger partial charge on any atom is 0.267 e. The number of amides is 1. The number of ether oxygens (including phenoxy) is 2. The summed E-state index contributed by atoms with van der Waals surface area (Å²) in [5, 5.41) is 0.769. The second-order valence-corrected chi connectivity index (χ2v) is 5.00. The van der Waals surface area contributed by atoms with E-state index in [1.807, 2.05) is 42.5 Å². The third-order valence-electron chi connectivity index (χ3n) is 3.47. The predicted octanol–water partition coefficient (Wildman–Crippen LogP) is 2.92. The molecule has 0 fully saturated rings. The lowest BCUT2D eigenvalue weighted by Crippen LogP contribution is -2.13. The van der Waals surface area contributed by atoms with Gasteiger partial charge in [0.1, 0.15) is 29.3 Å². The van der Waals surface area contributed by atoms with Crippen LogP contribution in [0.25, 0.3) is 10.9 Å². The van der Waals surface area contributed by atoms with Crippen LogP contribution >= 0.6 is 0 Å². The molecule has 0 saturated heterocycles. The number of hydrogen-bond acceptors (Lipinski definition) is 4. The van der Waals surface area contributed by atoms with E-state index in [0.29, 0.717) is 23.6 Å². The zero-order valence-corrected chi connectivity index (χ0v) is 12.7. The van der Waals surface area contributed by atoms with Crippen LogP contribution in [-0.2, 0) is 6.61 Å². The molecule has 1 amide bonds. The van der Waals surface area contributed by atoms with E-state index in [-0.39, 0.29) is 5.69 Å². The first-order valence-corrected chi connectivity index (χ1v) is 7.13. The standard InChI is InChI=1S/C18H16N2O3/c1-22-15-9-5-8-13-16(10-14(18(19)21)20-17(13)15)23-11-12-6-3-2-4-7-12/h2-10H,11H2,1H3,(H2,19,21). The number of nitrogens with zero attached hydrogens (tertiary/aromatic N) is 1. The minimum atomic E-state index is -0.609. The van der Waals surface area contributed by atoms with Crippen molar-refractivity contribution in [2.45, 2.75) is 6.61 Å². The molecule has 0 spiro atoms. The molecule has 0 atom stereocenters. The van der Waals surface area contributed by atoms with Crippen molar-refractivity contribution in [3.05, 3.63) is 65.9 Å². The monoisotopic (exact) mass is 308 g/mol. The van der Waals surface area contributed by atoms with Crippen molar-refractivity contribution in [2.24, 2.45) is 5.73 Å². The van der Waals surface area contributed by atoms with Crippen LogP contribution in [0.15, 0.2) is 54.6 Å². The van der Waals surface area contributed by atoms with Crippen LogP contribution < -0.4 is 15.2 Å². The van der Waals surface area contributed by atoms with Gasteiger partial charge in [0.15, 0.2) is 0 Å². The minimum Gasteiger partial charge on any atom is -0.494 e. The molecule has 1 aromatic heterocycles. The van der Waals surface area contributed by atoms with Gasteiger partial charge in [-0.25, -0.2) is 4.98 Å². The third kappa shape index (κ3) is 3.08. The molecule has 0 saturated carbocycles. The van der Waals surface area contributed by atoms with Crippen LogP contribution in [0, 0.1) is 0 Å². The number of pyridine rings is 1. The lowest BCUT2D eigenvalue weighted by molar-refractivity contribution is 0.0995. The van der Waals surface area contributed by atoms with Gasteiger partial charge < -0.3 is 15.2 Å². The summed E-state index contributed by atoms with van der Waals surface area (Å²) in [4.78, 5) is 15.8. The number of aromatic nitrogens is 1. The van der Waals surface area contributed by atoms with Crippen molar-refractivity contribution >= 4 is 16.8 Å². The minimum absolute atomic E-state index is 0.144. The molecule has 2 aromatic carbocycles. The van der Waals surface area contributed by atoms with Crippen LogP contribution in [0.4, 0.5) is 0 Å². The van der Waals surface area contributed by atoms with Gasteiger partial charge in [-0.3, -0.25) is 4.79 Å². The highest BCUT2D eigenvalue weighted by atomic mass is 16.5. The van der Waals surface area contributed by atoms with Gasteiger partial charge in [0.05, 0.1) is 7.11 Å². The summed E-state index contributed by atoms with van der Waals surface area (Å²) in [5.41, 5.74) is 7.10. The van der Waals surface area contributed by atoms with E-state index in [1.54, 1.807) is 19.2 Å². The van der Waals surface area contributed by atoms with E-state index in [4.69, 9.17) is 15.2 Å². The van der Waals surface area contributed by atoms with E-state index in [9.17, 15) is 4.79 Å². The van der Waals surface area contributed by atoms with Crippen LogP contribution in [-0.4, -0.2) is 18.0 Å². The topological polar surface area (TPSA) is 74.4 Å². The Hall–Kier alpha value is -3.08. The molecule has 0 aliphatic heterocycles. The highest BCUT2D eigenvalue weighted by molar-refractivity contribution is 5.97. The fraction of sp³-hybridized carbons (Fsp3) is 0.111. The van der Waals surface area contributed by atoms with Gasteiger partial charge in [0, 0.05) is 11.5 Å². The van der Waals surface area contributed by atoms with Crippen molar-refractivity contribution in [3.8, 4) is 11.5 Å². The van der Waals surface area contributed by atoms with Gasteiger partial charge in [0.2, 0.25) is 0 Å². The summed E-state index contributed by atoms with van der Waals surface area (Å²) >= 11 is 0. The van der Waals surface area contributed by atoms with E-state index < -0.39 is 5.91 Å². The Morgan fingerprint density at radius 2 is 1.87 bits per heavy atom. The Bertz CT molecular complexity index is 848. The molecule has 2 N–H and O–H groups in total. The first kappa shape index (κ1) is 14.8. The summed E-state index contributed by atoms with van der Waals surface area (Å²) < 4.78 is 11.2. The zero-order valence-electron chi connectivity index (χ0n) is 12.7. The Balaban J connectivity index is 2.05. The van der Waals surface area contributed by atoms with Gasteiger partial charge >= 0.3 is 0 Å². The van der Waals surface area contributed by atoms with E-state index >= 15 is 0 Å². The van der Waals surface area contributed by atoms with Crippen molar-refractivity contribution in [1.82, 2.24) is 4.98 Å². The first-order valence-electron chi connectivity index (χ1n) is 7.13. The molecule has 3 rings (SSSR count). The number of methoxy groups -OCH3 is 1. The number of para-hydroxylation sites is 1. The number of primary amides is 1. The average Bonchev–Trinajstić information content (AvgIpc) is 2.59. The molecule has 0 unspecified atom stereocenters. The highest BCUT2D eigenvalue weighted by Gasteiger charge is 2.13.